The van der Waals surface area contributed by atoms with E-state index in [0.29, 0.717) is 5.82 Å². The van der Waals surface area contributed by atoms with Gasteiger partial charge in [0.1, 0.15) is 11.5 Å². The number of thiophene rings is 1. The Morgan fingerprint density at radius 1 is 1.33 bits per heavy atom. The number of halogens is 1. The third-order valence-corrected chi connectivity index (χ3v) is 3.07. The van der Waals surface area contributed by atoms with Gasteiger partial charge in [-0.25, -0.2) is 4.98 Å². The van der Waals surface area contributed by atoms with Crippen LogP contribution < -0.4 is 5.32 Å². The highest BCUT2D eigenvalue weighted by Gasteiger charge is 2.10. The zero-order valence-corrected chi connectivity index (χ0v) is 9.85. The van der Waals surface area contributed by atoms with Crippen molar-refractivity contribution in [3.05, 3.63) is 22.3 Å². The normalized spacial score (nSPS) is 10.3. The molecule has 0 saturated heterocycles. The van der Waals surface area contributed by atoms with Crippen LogP contribution in [0.25, 0.3) is 10.6 Å². The van der Waals surface area contributed by atoms with E-state index < -0.39 is 0 Å². The van der Waals surface area contributed by atoms with Crippen molar-refractivity contribution in [2.75, 3.05) is 12.4 Å². The Bertz CT molecular complexity index is 483. The second-order valence-corrected chi connectivity index (χ2v) is 4.63. The SMILES string of the molecule is CNc1nc(C)nnc1-c1ccc(Cl)s1. The van der Waals surface area contributed by atoms with E-state index in [0.717, 1.165) is 20.7 Å². The number of aryl methyl sites for hydroxylation is 1. The van der Waals surface area contributed by atoms with Crippen molar-refractivity contribution in [2.45, 2.75) is 6.92 Å². The third kappa shape index (κ3) is 2.08. The summed E-state index contributed by atoms with van der Waals surface area (Å²) in [6.45, 7) is 1.80. The molecule has 0 fully saturated rings. The largest absolute Gasteiger partial charge is 0.371 e. The summed E-state index contributed by atoms with van der Waals surface area (Å²) >= 11 is 7.33. The number of rotatable bonds is 2. The predicted octanol–water partition coefficient (Wildman–Crippen LogP) is 2.60. The van der Waals surface area contributed by atoms with Crippen molar-refractivity contribution in [1.82, 2.24) is 15.2 Å². The third-order valence-electron chi connectivity index (χ3n) is 1.84. The Morgan fingerprint density at radius 2 is 2.13 bits per heavy atom. The molecule has 0 atom stereocenters. The fourth-order valence-electron chi connectivity index (χ4n) is 1.19. The van der Waals surface area contributed by atoms with Crippen molar-refractivity contribution in [3.8, 4) is 10.6 Å². The summed E-state index contributed by atoms with van der Waals surface area (Å²) in [5.74, 6) is 1.37. The fourth-order valence-corrected chi connectivity index (χ4v) is 2.22. The molecule has 0 aromatic carbocycles. The first-order valence-electron chi connectivity index (χ1n) is 4.35. The fraction of sp³-hybridized carbons (Fsp3) is 0.222. The summed E-state index contributed by atoms with van der Waals surface area (Å²) in [4.78, 5) is 5.22. The minimum absolute atomic E-state index is 0.644. The van der Waals surface area contributed by atoms with E-state index in [4.69, 9.17) is 11.6 Å². The molecule has 2 rings (SSSR count). The van der Waals surface area contributed by atoms with Gasteiger partial charge >= 0.3 is 0 Å². The van der Waals surface area contributed by atoms with Gasteiger partial charge in [-0.15, -0.1) is 21.5 Å². The highest BCUT2D eigenvalue weighted by atomic mass is 35.5. The summed E-state index contributed by atoms with van der Waals surface area (Å²) in [6, 6.07) is 3.75. The van der Waals surface area contributed by atoms with Gasteiger partial charge in [0.05, 0.1) is 9.21 Å². The summed E-state index contributed by atoms with van der Waals surface area (Å²) in [5.41, 5.74) is 0.736. The van der Waals surface area contributed by atoms with E-state index in [1.807, 2.05) is 19.2 Å². The standard InChI is InChI=1S/C9H9ClN4S/c1-5-12-9(11-2)8(14-13-5)6-3-4-7(10)15-6/h3-4H,1-2H3,(H,11,12,13). The molecule has 6 heteroatoms. The first kappa shape index (κ1) is 10.3. The van der Waals surface area contributed by atoms with Crippen LogP contribution in [0.1, 0.15) is 5.82 Å². The molecular formula is C9H9ClN4S. The highest BCUT2D eigenvalue weighted by molar-refractivity contribution is 7.19. The number of nitrogens with zero attached hydrogens (tertiary/aromatic N) is 3. The molecule has 2 aromatic heterocycles. The van der Waals surface area contributed by atoms with E-state index in [-0.39, 0.29) is 0 Å². The monoisotopic (exact) mass is 240 g/mol. The van der Waals surface area contributed by atoms with Gasteiger partial charge in [-0.05, 0) is 19.1 Å². The Kier molecular flexibility index (Phi) is 2.83. The van der Waals surface area contributed by atoms with Crippen LogP contribution in [0.2, 0.25) is 4.34 Å². The molecule has 0 aliphatic rings. The maximum absolute atomic E-state index is 5.87. The maximum Gasteiger partial charge on any atom is 0.157 e. The second-order valence-electron chi connectivity index (χ2n) is 2.91. The number of anilines is 1. The van der Waals surface area contributed by atoms with E-state index in [2.05, 4.69) is 20.5 Å². The average molecular weight is 241 g/mol. The molecule has 0 unspecified atom stereocenters. The molecule has 0 amide bonds. The molecule has 78 valence electrons. The van der Waals surface area contributed by atoms with Crippen molar-refractivity contribution >= 4 is 28.8 Å². The number of nitrogens with one attached hydrogen (secondary N) is 1. The predicted molar refractivity (Wildman–Crippen MR) is 62.4 cm³/mol. The molecule has 15 heavy (non-hydrogen) atoms. The van der Waals surface area contributed by atoms with Crippen LogP contribution in [0.3, 0.4) is 0 Å². The number of hydrogen-bond donors (Lipinski definition) is 1. The first-order valence-corrected chi connectivity index (χ1v) is 5.55. The van der Waals surface area contributed by atoms with Crippen molar-refractivity contribution in [2.24, 2.45) is 0 Å². The molecule has 2 aromatic rings. The molecule has 2 heterocycles. The van der Waals surface area contributed by atoms with Gasteiger partial charge in [-0.1, -0.05) is 11.6 Å². The lowest BCUT2D eigenvalue weighted by molar-refractivity contribution is 0.918. The average Bonchev–Trinajstić information content (AvgIpc) is 2.64. The van der Waals surface area contributed by atoms with Crippen LogP contribution in [0.15, 0.2) is 12.1 Å². The number of hydrogen-bond acceptors (Lipinski definition) is 5. The molecule has 0 radical (unpaired) electrons. The smallest absolute Gasteiger partial charge is 0.157 e. The molecule has 0 aliphatic heterocycles. The Morgan fingerprint density at radius 3 is 2.73 bits per heavy atom. The van der Waals surface area contributed by atoms with Gasteiger partial charge in [0.15, 0.2) is 5.82 Å². The Hall–Kier alpha value is -1.20. The zero-order valence-electron chi connectivity index (χ0n) is 8.28. The molecule has 1 N–H and O–H groups in total. The van der Waals surface area contributed by atoms with Gasteiger partial charge in [0, 0.05) is 7.05 Å². The van der Waals surface area contributed by atoms with E-state index in [1.54, 1.807) is 6.92 Å². The van der Waals surface area contributed by atoms with Crippen LogP contribution in [0.5, 0.6) is 0 Å². The molecular weight excluding hydrogens is 232 g/mol. The lowest BCUT2D eigenvalue weighted by atomic mass is 10.3. The molecule has 0 saturated carbocycles. The number of aromatic nitrogens is 3. The van der Waals surface area contributed by atoms with Crippen molar-refractivity contribution < 1.29 is 0 Å². The maximum atomic E-state index is 5.87. The van der Waals surface area contributed by atoms with Gasteiger partial charge in [-0.2, -0.15) is 0 Å². The lowest BCUT2D eigenvalue weighted by Crippen LogP contribution is -2.01. The van der Waals surface area contributed by atoms with Gasteiger partial charge in [-0.3, -0.25) is 0 Å². The minimum Gasteiger partial charge on any atom is -0.371 e. The Labute approximate surface area is 96.3 Å². The quantitative estimate of drug-likeness (QED) is 0.877. The summed E-state index contributed by atoms with van der Waals surface area (Å²) in [7, 11) is 1.81. The topological polar surface area (TPSA) is 50.7 Å². The highest BCUT2D eigenvalue weighted by Crippen LogP contribution is 2.32. The van der Waals surface area contributed by atoms with Crippen molar-refractivity contribution in [3.63, 3.8) is 0 Å². The van der Waals surface area contributed by atoms with E-state index >= 15 is 0 Å². The van der Waals surface area contributed by atoms with E-state index in [1.165, 1.54) is 11.3 Å². The summed E-state index contributed by atoms with van der Waals surface area (Å²) in [5, 5.41) is 11.0. The van der Waals surface area contributed by atoms with Crippen LogP contribution in [0, 0.1) is 6.92 Å². The molecule has 0 bridgehead atoms. The summed E-state index contributed by atoms with van der Waals surface area (Å²) in [6.07, 6.45) is 0. The first-order chi connectivity index (χ1) is 7.20. The molecule has 0 aliphatic carbocycles. The molecule has 4 nitrogen and oxygen atoms in total. The summed E-state index contributed by atoms with van der Waals surface area (Å²) < 4.78 is 0.731. The molecule has 0 spiro atoms. The zero-order chi connectivity index (χ0) is 10.8. The Balaban J connectivity index is 2.52. The second kappa shape index (κ2) is 4.12. The van der Waals surface area contributed by atoms with Gasteiger partial charge < -0.3 is 5.32 Å². The van der Waals surface area contributed by atoms with Crippen molar-refractivity contribution in [1.29, 1.82) is 0 Å². The van der Waals surface area contributed by atoms with Gasteiger partial charge in [0.2, 0.25) is 0 Å². The van der Waals surface area contributed by atoms with Gasteiger partial charge in [0.25, 0.3) is 0 Å². The lowest BCUT2D eigenvalue weighted by Gasteiger charge is -2.04. The van der Waals surface area contributed by atoms with Crippen LogP contribution in [-0.4, -0.2) is 22.2 Å². The van der Waals surface area contributed by atoms with Crippen LogP contribution in [0.4, 0.5) is 5.82 Å². The van der Waals surface area contributed by atoms with Crippen LogP contribution >= 0.6 is 22.9 Å². The van der Waals surface area contributed by atoms with E-state index in [9.17, 15) is 0 Å². The van der Waals surface area contributed by atoms with Crippen LogP contribution in [-0.2, 0) is 0 Å². The minimum atomic E-state index is 0.644.